The SMILES string of the molecule is Cc1ccc(-c2noc(CNS(=O)(=O)c3ccc(Cl)s3)n2)cc1. The fourth-order valence-corrected chi connectivity index (χ4v) is 4.32. The van der Waals surface area contributed by atoms with E-state index in [2.05, 4.69) is 14.9 Å². The molecule has 0 aliphatic heterocycles. The average Bonchev–Trinajstić information content (AvgIpc) is 3.15. The van der Waals surface area contributed by atoms with Gasteiger partial charge in [-0.1, -0.05) is 46.6 Å². The van der Waals surface area contributed by atoms with Gasteiger partial charge in [0.25, 0.3) is 10.0 Å². The molecule has 0 unspecified atom stereocenters. The number of sulfonamides is 1. The molecular weight excluding hydrogens is 358 g/mol. The monoisotopic (exact) mass is 369 g/mol. The second kappa shape index (κ2) is 6.40. The summed E-state index contributed by atoms with van der Waals surface area (Å²) < 4.78 is 32.2. The smallest absolute Gasteiger partial charge is 0.250 e. The van der Waals surface area contributed by atoms with Crippen LogP contribution in [0.25, 0.3) is 11.4 Å². The number of benzene rings is 1. The maximum Gasteiger partial charge on any atom is 0.250 e. The summed E-state index contributed by atoms with van der Waals surface area (Å²) in [4.78, 5) is 4.18. The van der Waals surface area contributed by atoms with Gasteiger partial charge in [0.2, 0.25) is 11.7 Å². The Hall–Kier alpha value is -1.74. The molecule has 23 heavy (non-hydrogen) atoms. The van der Waals surface area contributed by atoms with Crippen LogP contribution in [0.2, 0.25) is 4.34 Å². The van der Waals surface area contributed by atoms with Gasteiger partial charge >= 0.3 is 0 Å². The van der Waals surface area contributed by atoms with Crippen molar-refractivity contribution in [3.8, 4) is 11.4 Å². The molecule has 0 saturated carbocycles. The van der Waals surface area contributed by atoms with Crippen molar-refractivity contribution in [2.24, 2.45) is 0 Å². The number of hydrogen-bond donors (Lipinski definition) is 1. The van der Waals surface area contributed by atoms with Crippen LogP contribution in [0.5, 0.6) is 0 Å². The lowest BCUT2D eigenvalue weighted by Gasteiger charge is -2.00. The Bertz CT molecular complexity index is 917. The molecule has 0 atom stereocenters. The molecule has 0 bridgehead atoms. The molecule has 1 aromatic carbocycles. The maximum absolute atomic E-state index is 12.1. The van der Waals surface area contributed by atoms with Crippen LogP contribution in [0, 0.1) is 6.92 Å². The molecule has 1 N–H and O–H groups in total. The molecule has 6 nitrogen and oxygen atoms in total. The first-order valence-corrected chi connectivity index (χ1v) is 9.26. The molecular formula is C14H12ClN3O3S2. The molecule has 120 valence electrons. The lowest BCUT2D eigenvalue weighted by Crippen LogP contribution is -2.22. The Morgan fingerprint density at radius 3 is 2.61 bits per heavy atom. The van der Waals surface area contributed by atoms with E-state index >= 15 is 0 Å². The Morgan fingerprint density at radius 2 is 1.96 bits per heavy atom. The van der Waals surface area contributed by atoms with Crippen molar-refractivity contribution in [1.29, 1.82) is 0 Å². The highest BCUT2D eigenvalue weighted by atomic mass is 35.5. The highest BCUT2D eigenvalue weighted by Crippen LogP contribution is 2.25. The van der Waals surface area contributed by atoms with Crippen LogP contribution in [0.3, 0.4) is 0 Å². The summed E-state index contributed by atoms with van der Waals surface area (Å²) in [5.74, 6) is 0.602. The molecule has 3 aromatic rings. The van der Waals surface area contributed by atoms with Crippen molar-refractivity contribution in [1.82, 2.24) is 14.9 Å². The molecule has 2 aromatic heterocycles. The molecule has 2 heterocycles. The van der Waals surface area contributed by atoms with Gasteiger partial charge in [0.05, 0.1) is 10.9 Å². The summed E-state index contributed by atoms with van der Waals surface area (Å²) in [5.41, 5.74) is 1.93. The number of hydrogen-bond acceptors (Lipinski definition) is 6. The van der Waals surface area contributed by atoms with Gasteiger partial charge in [-0.25, -0.2) is 13.1 Å². The van der Waals surface area contributed by atoms with E-state index in [1.807, 2.05) is 31.2 Å². The predicted molar refractivity (Wildman–Crippen MR) is 87.8 cm³/mol. The van der Waals surface area contributed by atoms with Crippen molar-refractivity contribution in [2.45, 2.75) is 17.7 Å². The average molecular weight is 370 g/mol. The highest BCUT2D eigenvalue weighted by molar-refractivity contribution is 7.91. The predicted octanol–water partition coefficient (Wildman–Crippen LogP) is 3.24. The Morgan fingerprint density at radius 1 is 1.22 bits per heavy atom. The van der Waals surface area contributed by atoms with E-state index in [-0.39, 0.29) is 16.6 Å². The minimum atomic E-state index is -3.64. The molecule has 0 saturated heterocycles. The number of aromatic nitrogens is 2. The van der Waals surface area contributed by atoms with Crippen LogP contribution in [-0.4, -0.2) is 18.6 Å². The number of aryl methyl sites for hydroxylation is 1. The van der Waals surface area contributed by atoms with Crippen LogP contribution in [0.15, 0.2) is 45.1 Å². The minimum absolute atomic E-state index is 0.0866. The zero-order chi connectivity index (χ0) is 16.4. The lowest BCUT2D eigenvalue weighted by atomic mass is 10.1. The fourth-order valence-electron chi connectivity index (χ4n) is 1.82. The first-order valence-electron chi connectivity index (χ1n) is 6.59. The van der Waals surface area contributed by atoms with Gasteiger partial charge in [-0.3, -0.25) is 0 Å². The largest absolute Gasteiger partial charge is 0.338 e. The molecule has 0 fully saturated rings. The number of halogens is 1. The van der Waals surface area contributed by atoms with E-state index in [0.29, 0.717) is 10.2 Å². The van der Waals surface area contributed by atoms with E-state index < -0.39 is 10.0 Å². The van der Waals surface area contributed by atoms with Gasteiger partial charge in [-0.2, -0.15) is 4.98 Å². The molecule has 0 aliphatic rings. The topological polar surface area (TPSA) is 85.1 Å². The molecule has 0 radical (unpaired) electrons. The lowest BCUT2D eigenvalue weighted by molar-refractivity contribution is 0.376. The zero-order valence-corrected chi connectivity index (χ0v) is 14.4. The first kappa shape index (κ1) is 16.1. The van der Waals surface area contributed by atoms with Gasteiger partial charge < -0.3 is 4.52 Å². The summed E-state index contributed by atoms with van der Waals surface area (Å²) in [6.45, 7) is 1.90. The molecule has 0 aliphatic carbocycles. The number of nitrogens with one attached hydrogen (secondary N) is 1. The second-order valence-corrected chi connectivity index (χ2v) is 8.47. The van der Waals surface area contributed by atoms with Crippen molar-refractivity contribution in [3.05, 3.63) is 52.2 Å². The van der Waals surface area contributed by atoms with Crippen LogP contribution in [0.4, 0.5) is 0 Å². The zero-order valence-electron chi connectivity index (χ0n) is 12.0. The third-order valence-electron chi connectivity index (χ3n) is 3.00. The summed E-state index contributed by atoms with van der Waals surface area (Å²) in [7, 11) is -3.64. The van der Waals surface area contributed by atoms with E-state index in [4.69, 9.17) is 16.1 Å². The summed E-state index contributed by atoms with van der Waals surface area (Å²) in [6.07, 6.45) is 0. The minimum Gasteiger partial charge on any atom is -0.338 e. The van der Waals surface area contributed by atoms with Gasteiger partial charge in [0, 0.05) is 5.56 Å². The number of rotatable bonds is 5. The number of thiophene rings is 1. The van der Waals surface area contributed by atoms with Gasteiger partial charge in [0.15, 0.2) is 0 Å². The maximum atomic E-state index is 12.1. The molecule has 0 spiro atoms. The Labute approximate surface area is 142 Å². The molecule has 0 amide bonds. The Balaban J connectivity index is 1.71. The van der Waals surface area contributed by atoms with Crippen LogP contribution < -0.4 is 4.72 Å². The third kappa shape index (κ3) is 3.78. The van der Waals surface area contributed by atoms with E-state index in [1.54, 1.807) is 0 Å². The highest BCUT2D eigenvalue weighted by Gasteiger charge is 2.18. The quantitative estimate of drug-likeness (QED) is 0.746. The van der Waals surface area contributed by atoms with Gasteiger partial charge in [-0.15, -0.1) is 11.3 Å². The van der Waals surface area contributed by atoms with Crippen LogP contribution in [-0.2, 0) is 16.6 Å². The normalized spacial score (nSPS) is 11.7. The summed E-state index contributed by atoms with van der Waals surface area (Å²) >= 11 is 6.73. The standard InChI is InChI=1S/C14H12ClN3O3S2/c1-9-2-4-10(5-3-9)14-17-12(21-18-14)8-16-23(19,20)13-7-6-11(15)22-13/h2-7,16H,8H2,1H3. The van der Waals surface area contributed by atoms with Gasteiger partial charge in [-0.05, 0) is 19.1 Å². The van der Waals surface area contributed by atoms with E-state index in [0.717, 1.165) is 22.5 Å². The van der Waals surface area contributed by atoms with Crippen LogP contribution in [0.1, 0.15) is 11.5 Å². The van der Waals surface area contributed by atoms with Gasteiger partial charge in [0.1, 0.15) is 4.21 Å². The Kier molecular flexibility index (Phi) is 4.49. The van der Waals surface area contributed by atoms with E-state index in [1.165, 1.54) is 12.1 Å². The van der Waals surface area contributed by atoms with Crippen molar-refractivity contribution >= 4 is 33.0 Å². The van der Waals surface area contributed by atoms with Crippen molar-refractivity contribution in [2.75, 3.05) is 0 Å². The third-order valence-corrected chi connectivity index (χ3v) is 6.13. The van der Waals surface area contributed by atoms with E-state index in [9.17, 15) is 8.42 Å². The molecule has 9 heteroatoms. The fraction of sp³-hybridized carbons (Fsp3) is 0.143. The number of nitrogens with zero attached hydrogens (tertiary/aromatic N) is 2. The van der Waals surface area contributed by atoms with Crippen molar-refractivity contribution in [3.63, 3.8) is 0 Å². The van der Waals surface area contributed by atoms with Crippen LogP contribution >= 0.6 is 22.9 Å². The molecule has 3 rings (SSSR count). The summed E-state index contributed by atoms with van der Waals surface area (Å²) in [5, 5.41) is 3.85. The summed E-state index contributed by atoms with van der Waals surface area (Å²) in [6, 6.07) is 10.6. The second-order valence-electron chi connectivity index (χ2n) is 4.76. The van der Waals surface area contributed by atoms with Crippen molar-refractivity contribution < 1.29 is 12.9 Å². The first-order chi connectivity index (χ1) is 10.9.